The number of hydrogen-bond donors (Lipinski definition) is 1. The summed E-state index contributed by atoms with van der Waals surface area (Å²) in [4.78, 5) is 12.8. The average molecular weight is 528 g/mol. The van der Waals surface area contributed by atoms with Crippen molar-refractivity contribution in [2.75, 3.05) is 52.4 Å². The lowest BCUT2D eigenvalue weighted by Gasteiger charge is -2.26. The zero-order valence-electron chi connectivity index (χ0n) is 19.2. The number of nitrogens with one attached hydrogen (secondary N) is 1. The fourth-order valence-corrected chi connectivity index (χ4v) is 4.77. The number of hydrogen-bond acceptors (Lipinski definition) is 3. The van der Waals surface area contributed by atoms with Gasteiger partial charge >= 0.3 is 0 Å². The van der Waals surface area contributed by atoms with Crippen molar-refractivity contribution in [3.8, 4) is 0 Å². The Hall–Kier alpha value is -0.860. The summed E-state index contributed by atoms with van der Waals surface area (Å²) >= 11 is 0. The predicted octanol–water partition coefficient (Wildman–Crippen LogP) is 3.90. The highest BCUT2D eigenvalue weighted by Gasteiger charge is 2.28. The van der Waals surface area contributed by atoms with Crippen molar-refractivity contribution >= 4 is 29.9 Å². The van der Waals surface area contributed by atoms with Crippen LogP contribution < -0.4 is 5.32 Å². The summed E-state index contributed by atoms with van der Waals surface area (Å²) in [5.41, 5.74) is 1.41. The number of rotatable bonds is 9. The van der Waals surface area contributed by atoms with Gasteiger partial charge in [0, 0.05) is 38.8 Å². The van der Waals surface area contributed by atoms with Crippen LogP contribution in [0.25, 0.3) is 0 Å². The largest absolute Gasteiger partial charge is 0.357 e. The van der Waals surface area contributed by atoms with Gasteiger partial charge in [-0.25, -0.2) is 0 Å². The first-order chi connectivity index (χ1) is 14.2. The molecular weight excluding hydrogens is 485 g/mol. The smallest absolute Gasteiger partial charge is 0.193 e. The Kier molecular flexibility index (Phi) is 11.5. The topological polar surface area (TPSA) is 34.1 Å². The van der Waals surface area contributed by atoms with Crippen molar-refractivity contribution in [3.05, 3.63) is 35.9 Å². The Morgan fingerprint density at radius 3 is 2.57 bits per heavy atom. The van der Waals surface area contributed by atoms with E-state index in [1.165, 1.54) is 37.9 Å². The van der Waals surface area contributed by atoms with E-state index in [0.29, 0.717) is 6.04 Å². The van der Waals surface area contributed by atoms with Gasteiger partial charge in [0.25, 0.3) is 0 Å². The van der Waals surface area contributed by atoms with Crippen LogP contribution >= 0.6 is 24.0 Å². The summed E-state index contributed by atoms with van der Waals surface area (Å²) in [6.07, 6.45) is 3.84. The van der Waals surface area contributed by atoms with Gasteiger partial charge in [0.15, 0.2) is 5.96 Å². The molecule has 1 aromatic carbocycles. The van der Waals surface area contributed by atoms with E-state index >= 15 is 0 Å². The molecule has 0 spiro atoms. The number of aliphatic imine (C=N–C) groups is 1. The maximum Gasteiger partial charge on any atom is 0.193 e. The Morgan fingerprint density at radius 2 is 1.87 bits per heavy atom. The SMILES string of the molecule is CCNC(=NCC1CCCN1Cc1ccccc1)N1CCC(CN(CC)CC)C1.I. The normalized spacial score (nSPS) is 22.5. The molecule has 2 atom stereocenters. The van der Waals surface area contributed by atoms with Crippen molar-refractivity contribution < 1.29 is 0 Å². The molecule has 3 rings (SSSR count). The van der Waals surface area contributed by atoms with Gasteiger partial charge in [-0.3, -0.25) is 9.89 Å². The Morgan fingerprint density at radius 1 is 1.10 bits per heavy atom. The van der Waals surface area contributed by atoms with Gasteiger partial charge in [-0.15, -0.1) is 24.0 Å². The van der Waals surface area contributed by atoms with Crippen molar-refractivity contribution in [2.24, 2.45) is 10.9 Å². The van der Waals surface area contributed by atoms with Gasteiger partial charge in [0.05, 0.1) is 6.54 Å². The molecule has 0 amide bonds. The molecule has 2 fully saturated rings. The summed E-state index contributed by atoms with van der Waals surface area (Å²) < 4.78 is 0. The quantitative estimate of drug-likeness (QED) is 0.300. The van der Waals surface area contributed by atoms with E-state index in [2.05, 4.69) is 71.1 Å². The maximum atomic E-state index is 5.10. The molecule has 6 heteroatoms. The van der Waals surface area contributed by atoms with E-state index in [0.717, 1.165) is 57.7 Å². The van der Waals surface area contributed by atoms with Crippen LogP contribution in [-0.4, -0.2) is 79.1 Å². The lowest BCUT2D eigenvalue weighted by molar-refractivity contribution is 0.249. The molecule has 2 unspecified atom stereocenters. The monoisotopic (exact) mass is 527 g/mol. The van der Waals surface area contributed by atoms with Gasteiger partial charge in [0.1, 0.15) is 0 Å². The molecule has 170 valence electrons. The van der Waals surface area contributed by atoms with Crippen molar-refractivity contribution in [2.45, 2.75) is 52.6 Å². The second-order valence-electron chi connectivity index (χ2n) is 8.53. The minimum absolute atomic E-state index is 0. The van der Waals surface area contributed by atoms with Gasteiger partial charge in [0.2, 0.25) is 0 Å². The molecule has 1 aromatic rings. The number of guanidine groups is 1. The molecule has 5 nitrogen and oxygen atoms in total. The van der Waals surface area contributed by atoms with Crippen LogP contribution in [0.4, 0.5) is 0 Å². The molecule has 30 heavy (non-hydrogen) atoms. The lowest BCUT2D eigenvalue weighted by Crippen LogP contribution is -2.42. The zero-order valence-corrected chi connectivity index (χ0v) is 21.6. The standard InChI is InChI=1S/C24H41N5.HI/c1-4-25-24(29-16-14-22(20-29)18-27(5-2)6-3)26-17-23-13-10-15-28(23)19-21-11-8-7-9-12-21;/h7-9,11-12,22-23H,4-6,10,13-20H2,1-3H3,(H,25,26);1H. The molecule has 2 aliphatic rings. The summed E-state index contributed by atoms with van der Waals surface area (Å²) in [7, 11) is 0. The van der Waals surface area contributed by atoms with Crippen LogP contribution in [0.2, 0.25) is 0 Å². The van der Waals surface area contributed by atoms with Gasteiger partial charge < -0.3 is 15.1 Å². The van der Waals surface area contributed by atoms with Crippen molar-refractivity contribution in [1.82, 2.24) is 20.0 Å². The number of likely N-dealkylation sites (tertiary alicyclic amines) is 2. The predicted molar refractivity (Wildman–Crippen MR) is 139 cm³/mol. The molecule has 0 radical (unpaired) electrons. The van der Waals surface area contributed by atoms with Crippen molar-refractivity contribution in [1.29, 1.82) is 0 Å². The highest BCUT2D eigenvalue weighted by molar-refractivity contribution is 14.0. The third-order valence-corrected chi connectivity index (χ3v) is 6.51. The maximum absolute atomic E-state index is 5.10. The molecule has 0 aromatic heterocycles. The highest BCUT2D eigenvalue weighted by atomic mass is 127. The number of nitrogens with zero attached hydrogens (tertiary/aromatic N) is 4. The number of halogens is 1. The summed E-state index contributed by atoms with van der Waals surface area (Å²) in [6.45, 7) is 16.6. The van der Waals surface area contributed by atoms with Gasteiger partial charge in [-0.2, -0.15) is 0 Å². The Labute approximate surface area is 201 Å². The zero-order chi connectivity index (χ0) is 20.5. The van der Waals surface area contributed by atoms with Crippen LogP contribution in [0.5, 0.6) is 0 Å². The van der Waals surface area contributed by atoms with E-state index < -0.39 is 0 Å². The summed E-state index contributed by atoms with van der Waals surface area (Å²) in [5, 5.41) is 3.56. The first-order valence-corrected chi connectivity index (χ1v) is 11.8. The minimum Gasteiger partial charge on any atom is -0.357 e. The number of benzene rings is 1. The highest BCUT2D eigenvalue weighted by Crippen LogP contribution is 2.21. The van der Waals surface area contributed by atoms with E-state index in [9.17, 15) is 0 Å². The van der Waals surface area contributed by atoms with Gasteiger partial charge in [-0.05, 0) is 57.3 Å². The lowest BCUT2D eigenvalue weighted by atomic mass is 10.1. The fourth-order valence-electron chi connectivity index (χ4n) is 4.77. The molecular formula is C24H42IN5. The van der Waals surface area contributed by atoms with Crippen molar-refractivity contribution in [3.63, 3.8) is 0 Å². The Bertz CT molecular complexity index is 619. The molecule has 1 N–H and O–H groups in total. The van der Waals surface area contributed by atoms with Gasteiger partial charge in [-0.1, -0.05) is 44.2 Å². The third kappa shape index (κ3) is 7.38. The summed E-state index contributed by atoms with van der Waals surface area (Å²) in [6, 6.07) is 11.4. The van der Waals surface area contributed by atoms with Crippen LogP contribution in [0.1, 0.15) is 45.6 Å². The van der Waals surface area contributed by atoms with Crippen LogP contribution in [0.3, 0.4) is 0 Å². The molecule has 2 heterocycles. The second kappa shape index (κ2) is 13.5. The molecule has 0 saturated carbocycles. The second-order valence-corrected chi connectivity index (χ2v) is 8.53. The first-order valence-electron chi connectivity index (χ1n) is 11.8. The van der Waals surface area contributed by atoms with E-state index in [1.807, 2.05) is 0 Å². The van der Waals surface area contributed by atoms with Crippen LogP contribution in [0, 0.1) is 5.92 Å². The fraction of sp³-hybridized carbons (Fsp3) is 0.708. The molecule has 2 aliphatic heterocycles. The van der Waals surface area contributed by atoms with E-state index in [-0.39, 0.29) is 24.0 Å². The molecule has 0 aliphatic carbocycles. The average Bonchev–Trinajstić information content (AvgIpc) is 3.39. The third-order valence-electron chi connectivity index (χ3n) is 6.51. The van der Waals surface area contributed by atoms with E-state index in [1.54, 1.807) is 0 Å². The summed E-state index contributed by atoms with van der Waals surface area (Å²) in [5.74, 6) is 1.89. The van der Waals surface area contributed by atoms with Crippen LogP contribution in [0.15, 0.2) is 35.3 Å². The Balaban J connectivity index is 0.00000320. The minimum atomic E-state index is 0. The van der Waals surface area contributed by atoms with E-state index in [4.69, 9.17) is 4.99 Å². The van der Waals surface area contributed by atoms with Crippen LogP contribution in [-0.2, 0) is 6.54 Å². The first kappa shape index (κ1) is 25.4. The molecule has 2 saturated heterocycles. The molecule has 0 bridgehead atoms.